The lowest BCUT2D eigenvalue weighted by atomic mass is 10.2. The second kappa shape index (κ2) is 6.83. The van der Waals surface area contributed by atoms with Crippen LogP contribution in [-0.4, -0.2) is 32.2 Å². The van der Waals surface area contributed by atoms with E-state index < -0.39 is 10.0 Å². The molecule has 19 heavy (non-hydrogen) atoms. The molecule has 0 atom stereocenters. The van der Waals surface area contributed by atoms with E-state index in [0.29, 0.717) is 18.2 Å². The SMILES string of the molecule is CC(C)CONC(=O)Cc1csc(NS(C)(=O)=O)n1. The van der Waals surface area contributed by atoms with Gasteiger partial charge in [0.2, 0.25) is 15.9 Å². The summed E-state index contributed by atoms with van der Waals surface area (Å²) >= 11 is 1.12. The van der Waals surface area contributed by atoms with E-state index in [1.54, 1.807) is 5.38 Å². The number of hydrogen-bond acceptors (Lipinski definition) is 6. The zero-order valence-corrected chi connectivity index (χ0v) is 12.6. The highest BCUT2D eigenvalue weighted by Crippen LogP contribution is 2.16. The van der Waals surface area contributed by atoms with Gasteiger partial charge in [-0.3, -0.25) is 14.4 Å². The third kappa shape index (κ3) is 7.09. The third-order valence-electron chi connectivity index (χ3n) is 1.77. The van der Waals surface area contributed by atoms with Gasteiger partial charge in [-0.25, -0.2) is 18.9 Å². The molecule has 0 aliphatic heterocycles. The van der Waals surface area contributed by atoms with E-state index in [2.05, 4.69) is 15.2 Å². The molecule has 0 aliphatic carbocycles. The van der Waals surface area contributed by atoms with Crippen molar-refractivity contribution >= 4 is 32.4 Å². The van der Waals surface area contributed by atoms with E-state index in [0.717, 1.165) is 17.6 Å². The average molecular weight is 307 g/mol. The molecule has 0 fully saturated rings. The highest BCUT2D eigenvalue weighted by atomic mass is 32.2. The van der Waals surface area contributed by atoms with Crippen molar-refractivity contribution in [3.63, 3.8) is 0 Å². The Morgan fingerprint density at radius 2 is 2.21 bits per heavy atom. The second-order valence-electron chi connectivity index (χ2n) is 4.43. The van der Waals surface area contributed by atoms with Crippen molar-refractivity contribution < 1.29 is 18.0 Å². The van der Waals surface area contributed by atoms with Crippen molar-refractivity contribution in [3.8, 4) is 0 Å². The molecule has 0 aromatic carbocycles. The Hall–Kier alpha value is -1.19. The fraction of sp³-hybridized carbons (Fsp3) is 0.600. The molecule has 2 N–H and O–H groups in total. The summed E-state index contributed by atoms with van der Waals surface area (Å²) in [4.78, 5) is 20.4. The first-order chi connectivity index (χ1) is 8.76. The van der Waals surface area contributed by atoms with Gasteiger partial charge in [-0.1, -0.05) is 13.8 Å². The first-order valence-corrected chi connectivity index (χ1v) is 8.36. The van der Waals surface area contributed by atoms with E-state index in [4.69, 9.17) is 4.84 Å². The van der Waals surface area contributed by atoms with Gasteiger partial charge in [0.05, 0.1) is 25.0 Å². The van der Waals surface area contributed by atoms with E-state index in [-0.39, 0.29) is 17.5 Å². The fourth-order valence-corrected chi connectivity index (χ4v) is 2.65. The number of sulfonamides is 1. The van der Waals surface area contributed by atoms with Crippen LogP contribution < -0.4 is 10.2 Å². The maximum absolute atomic E-state index is 11.5. The minimum Gasteiger partial charge on any atom is -0.273 e. The number of rotatable bonds is 7. The molecule has 1 heterocycles. The number of anilines is 1. The normalized spacial score (nSPS) is 11.6. The fourth-order valence-electron chi connectivity index (χ4n) is 1.08. The molecule has 1 aromatic heterocycles. The second-order valence-corrected chi connectivity index (χ2v) is 7.03. The first kappa shape index (κ1) is 15.9. The standard InChI is InChI=1S/C10H17N3O4S2/c1-7(2)5-17-12-9(14)4-8-6-18-10(11-8)13-19(3,15)16/h6-7H,4-5H2,1-3H3,(H,11,13)(H,12,14). The molecule has 0 radical (unpaired) electrons. The van der Waals surface area contributed by atoms with Gasteiger partial charge in [-0.15, -0.1) is 11.3 Å². The molecule has 0 saturated heterocycles. The van der Waals surface area contributed by atoms with Gasteiger partial charge in [0.1, 0.15) is 0 Å². The molecule has 0 saturated carbocycles. The highest BCUT2D eigenvalue weighted by molar-refractivity contribution is 7.92. The van der Waals surface area contributed by atoms with Crippen LogP contribution in [0, 0.1) is 5.92 Å². The predicted molar refractivity (Wildman–Crippen MR) is 73.2 cm³/mol. The van der Waals surface area contributed by atoms with Crippen LogP contribution in [0.3, 0.4) is 0 Å². The van der Waals surface area contributed by atoms with Crippen molar-refractivity contribution in [3.05, 3.63) is 11.1 Å². The number of carbonyl (C=O) groups excluding carboxylic acids is 1. The number of carbonyl (C=O) groups is 1. The Morgan fingerprint density at radius 1 is 1.53 bits per heavy atom. The number of nitrogens with one attached hydrogen (secondary N) is 2. The summed E-state index contributed by atoms with van der Waals surface area (Å²) in [5, 5.41) is 1.86. The lowest BCUT2D eigenvalue weighted by Gasteiger charge is -2.06. The van der Waals surface area contributed by atoms with Gasteiger partial charge in [0.15, 0.2) is 5.13 Å². The molecule has 0 unspecified atom stereocenters. The first-order valence-electron chi connectivity index (χ1n) is 5.59. The number of aromatic nitrogens is 1. The quantitative estimate of drug-likeness (QED) is 0.725. The summed E-state index contributed by atoms with van der Waals surface area (Å²) in [7, 11) is -3.34. The molecule has 108 valence electrons. The van der Waals surface area contributed by atoms with Crippen LogP contribution in [0.2, 0.25) is 0 Å². The summed E-state index contributed by atoms with van der Waals surface area (Å²) in [5.41, 5.74) is 2.79. The Balaban J connectivity index is 2.43. The Morgan fingerprint density at radius 3 is 2.79 bits per heavy atom. The minimum absolute atomic E-state index is 0.0417. The van der Waals surface area contributed by atoms with Gasteiger partial charge in [0.25, 0.3) is 0 Å². The number of hydroxylamine groups is 1. The summed E-state index contributed by atoms with van der Waals surface area (Å²) in [6.45, 7) is 4.37. The molecular weight excluding hydrogens is 290 g/mol. The summed E-state index contributed by atoms with van der Waals surface area (Å²) in [6.07, 6.45) is 1.08. The smallest absolute Gasteiger partial charge is 0.249 e. The summed E-state index contributed by atoms with van der Waals surface area (Å²) in [5.74, 6) is 0.00184. The zero-order valence-electron chi connectivity index (χ0n) is 11.0. The molecule has 7 nitrogen and oxygen atoms in total. The Labute approximate surface area is 116 Å². The van der Waals surface area contributed by atoms with Crippen LogP contribution in [0.15, 0.2) is 5.38 Å². The van der Waals surface area contributed by atoms with Crippen LogP contribution >= 0.6 is 11.3 Å². The lowest BCUT2D eigenvalue weighted by Crippen LogP contribution is -2.27. The molecule has 0 aliphatic rings. The predicted octanol–water partition coefficient (Wildman–Crippen LogP) is 0.761. The summed E-state index contributed by atoms with van der Waals surface area (Å²) in [6, 6.07) is 0. The van der Waals surface area contributed by atoms with E-state index in [9.17, 15) is 13.2 Å². The van der Waals surface area contributed by atoms with Crippen molar-refractivity contribution in [2.75, 3.05) is 17.6 Å². The van der Waals surface area contributed by atoms with E-state index in [1.165, 1.54) is 0 Å². The van der Waals surface area contributed by atoms with Crippen LogP contribution in [0.1, 0.15) is 19.5 Å². The maximum Gasteiger partial charge on any atom is 0.249 e. The Bertz CT molecular complexity index is 525. The van der Waals surface area contributed by atoms with Crippen LogP contribution in [0.25, 0.3) is 0 Å². The maximum atomic E-state index is 11.5. The Kier molecular flexibility index (Phi) is 5.70. The van der Waals surface area contributed by atoms with Crippen LogP contribution in [0.4, 0.5) is 5.13 Å². The van der Waals surface area contributed by atoms with E-state index in [1.807, 2.05) is 13.8 Å². The van der Waals surface area contributed by atoms with Gasteiger partial charge in [0, 0.05) is 5.38 Å². The van der Waals surface area contributed by atoms with Crippen molar-refractivity contribution in [2.24, 2.45) is 5.92 Å². The number of amides is 1. The van der Waals surface area contributed by atoms with Gasteiger partial charge >= 0.3 is 0 Å². The average Bonchev–Trinajstić information content (AvgIpc) is 2.61. The topological polar surface area (TPSA) is 97.4 Å². The molecule has 0 spiro atoms. The van der Waals surface area contributed by atoms with Gasteiger partial charge in [-0.2, -0.15) is 0 Å². The van der Waals surface area contributed by atoms with Crippen LogP contribution in [-0.2, 0) is 26.1 Å². The van der Waals surface area contributed by atoms with Crippen molar-refractivity contribution in [1.82, 2.24) is 10.5 Å². The lowest BCUT2D eigenvalue weighted by molar-refractivity contribution is -0.133. The van der Waals surface area contributed by atoms with Gasteiger partial charge in [-0.05, 0) is 5.92 Å². The van der Waals surface area contributed by atoms with Crippen molar-refractivity contribution in [2.45, 2.75) is 20.3 Å². The van der Waals surface area contributed by atoms with Crippen LogP contribution in [0.5, 0.6) is 0 Å². The highest BCUT2D eigenvalue weighted by Gasteiger charge is 2.10. The number of thiazole rings is 1. The molecule has 0 bridgehead atoms. The molecule has 1 amide bonds. The third-order valence-corrected chi connectivity index (χ3v) is 3.27. The zero-order chi connectivity index (χ0) is 14.5. The molecular formula is C10H17N3O4S2. The van der Waals surface area contributed by atoms with Crippen molar-refractivity contribution in [1.29, 1.82) is 0 Å². The minimum atomic E-state index is -3.34. The van der Waals surface area contributed by atoms with Gasteiger partial charge < -0.3 is 0 Å². The monoisotopic (exact) mass is 307 g/mol. The summed E-state index contributed by atoms with van der Waals surface area (Å²) < 4.78 is 24.2. The molecule has 1 rings (SSSR count). The number of nitrogens with zero attached hydrogens (tertiary/aromatic N) is 1. The largest absolute Gasteiger partial charge is 0.273 e. The molecule has 1 aromatic rings. The number of hydrogen-bond donors (Lipinski definition) is 2. The molecule has 9 heteroatoms. The van der Waals surface area contributed by atoms with E-state index >= 15 is 0 Å².